The van der Waals surface area contributed by atoms with E-state index in [1.165, 1.54) is 6.92 Å². The number of fused-ring (bicyclic) bond motifs is 2. The molecule has 2 unspecified atom stereocenters. The Morgan fingerprint density at radius 1 is 0.932 bits per heavy atom. The van der Waals surface area contributed by atoms with Crippen molar-refractivity contribution in [1.82, 2.24) is 25.5 Å². The van der Waals surface area contributed by atoms with E-state index in [4.69, 9.17) is 9.47 Å². The van der Waals surface area contributed by atoms with Crippen molar-refractivity contribution in [3.05, 3.63) is 108 Å². The maximum Gasteiger partial charge on any atom is 0.232 e. The Labute approximate surface area is 256 Å². The van der Waals surface area contributed by atoms with Crippen LogP contribution >= 0.6 is 0 Å². The van der Waals surface area contributed by atoms with Gasteiger partial charge in [0.1, 0.15) is 23.1 Å². The highest BCUT2D eigenvalue weighted by Gasteiger charge is 2.52. The van der Waals surface area contributed by atoms with Crippen molar-refractivity contribution in [2.24, 2.45) is 0 Å². The zero-order valence-corrected chi connectivity index (χ0v) is 25.1. The largest absolute Gasteiger partial charge is 0.497 e. The predicted molar refractivity (Wildman–Crippen MR) is 172 cm³/mol. The molecule has 0 spiro atoms. The molecule has 0 saturated heterocycles. The fraction of sp³-hybridized carbons (Fsp3) is 0.257. The number of nitrogens with one attached hydrogen (secondary N) is 4. The molecule has 0 fully saturated rings. The molecule has 44 heavy (non-hydrogen) atoms. The normalized spacial score (nSPS) is 15.5. The lowest BCUT2D eigenvalue weighted by molar-refractivity contribution is -0.132. The average molecular weight is 592 g/mol. The summed E-state index contributed by atoms with van der Waals surface area (Å²) in [5, 5.41) is 8.32. The number of ether oxygens (including phenoxy) is 2. The first-order valence-corrected chi connectivity index (χ1v) is 14.8. The smallest absolute Gasteiger partial charge is 0.232 e. The van der Waals surface area contributed by atoms with E-state index in [1.54, 1.807) is 14.2 Å². The van der Waals surface area contributed by atoms with Crippen LogP contribution in [0, 0.1) is 0 Å². The Kier molecular flexibility index (Phi) is 8.13. The van der Waals surface area contributed by atoms with Crippen LogP contribution in [0.5, 0.6) is 11.5 Å². The zero-order valence-electron chi connectivity index (χ0n) is 25.1. The maximum absolute atomic E-state index is 14.9. The minimum Gasteiger partial charge on any atom is -0.497 e. The number of aromatic amines is 2. The summed E-state index contributed by atoms with van der Waals surface area (Å²) in [7, 11) is 3.24. The Morgan fingerprint density at radius 3 is 2.48 bits per heavy atom. The maximum atomic E-state index is 14.9. The van der Waals surface area contributed by atoms with Gasteiger partial charge in [0, 0.05) is 71.9 Å². The predicted octanol–water partition coefficient (Wildman–Crippen LogP) is 5.32. The Hall–Kier alpha value is -5.02. The van der Waals surface area contributed by atoms with E-state index in [2.05, 4.69) is 37.7 Å². The number of hydrogen-bond donors (Lipinski definition) is 4. The van der Waals surface area contributed by atoms with Crippen LogP contribution in [-0.4, -0.2) is 54.0 Å². The molecule has 9 nitrogen and oxygen atoms in total. The third kappa shape index (κ3) is 5.20. The third-order valence-corrected chi connectivity index (χ3v) is 8.48. The first kappa shape index (κ1) is 29.1. The molecule has 5 aromatic rings. The van der Waals surface area contributed by atoms with Gasteiger partial charge in [-0.25, -0.2) is 0 Å². The lowest BCUT2D eigenvalue weighted by Gasteiger charge is -2.49. The summed E-state index contributed by atoms with van der Waals surface area (Å²) < 4.78 is 11.2. The fourth-order valence-electron chi connectivity index (χ4n) is 6.52. The first-order valence-electron chi connectivity index (χ1n) is 14.8. The Bertz CT molecular complexity index is 1840. The molecule has 4 N–H and O–H groups in total. The number of para-hydroxylation sites is 2. The van der Waals surface area contributed by atoms with Gasteiger partial charge >= 0.3 is 0 Å². The van der Waals surface area contributed by atoms with Crippen LogP contribution in [0.3, 0.4) is 0 Å². The molecule has 1 aliphatic heterocycles. The van der Waals surface area contributed by atoms with Crippen molar-refractivity contribution >= 4 is 33.6 Å². The number of carbonyl (C=O) groups excluding carboxylic acids is 2. The lowest BCUT2D eigenvalue weighted by atomic mass is 9.77. The second kappa shape index (κ2) is 12.3. The third-order valence-electron chi connectivity index (χ3n) is 8.48. The summed E-state index contributed by atoms with van der Waals surface area (Å²) in [5.74, 6) is -0.0116. The van der Waals surface area contributed by atoms with Gasteiger partial charge < -0.3 is 30.1 Å². The molecule has 0 aliphatic carbocycles. The standard InChI is InChI=1S/C35H37N5O4/c1-23(41)39-35(40-17-9-4-10-18-40,29-22-37-30-13-7-6-12-26(29)30)33(28-21-36-31-16-15-25(43-2)19-27(28)31)34(42)38-20-24-11-5-8-14-32(24)44-3/h4-9,11-16,19,21-22,33,36-37H,10,17-18,20H2,1-3H3,(H,38,42)(H,39,41). The number of amides is 2. The molecule has 2 aromatic heterocycles. The molecule has 0 bridgehead atoms. The molecule has 9 heteroatoms. The summed E-state index contributed by atoms with van der Waals surface area (Å²) in [6.07, 6.45) is 8.81. The topological polar surface area (TPSA) is 111 Å². The van der Waals surface area contributed by atoms with Crippen molar-refractivity contribution in [2.45, 2.75) is 31.5 Å². The minimum absolute atomic E-state index is 0.242. The van der Waals surface area contributed by atoms with Crippen LogP contribution in [0.1, 0.15) is 36.0 Å². The number of hydrogen-bond acceptors (Lipinski definition) is 5. The van der Waals surface area contributed by atoms with Crippen molar-refractivity contribution in [3.8, 4) is 11.5 Å². The number of methoxy groups -OCH3 is 2. The van der Waals surface area contributed by atoms with Gasteiger partial charge in [0.15, 0.2) is 0 Å². The van der Waals surface area contributed by atoms with E-state index in [0.29, 0.717) is 24.6 Å². The second-order valence-electron chi connectivity index (χ2n) is 11.0. The van der Waals surface area contributed by atoms with Gasteiger partial charge in [-0.2, -0.15) is 0 Å². The highest BCUT2D eigenvalue weighted by molar-refractivity contribution is 5.96. The molecule has 2 atom stereocenters. The quantitative estimate of drug-likeness (QED) is 0.164. The number of rotatable bonds is 10. The van der Waals surface area contributed by atoms with Crippen LogP contribution in [0.25, 0.3) is 21.8 Å². The number of H-pyrrole nitrogens is 2. The summed E-state index contributed by atoms with van der Waals surface area (Å²) >= 11 is 0. The van der Waals surface area contributed by atoms with Crippen LogP contribution < -0.4 is 20.1 Å². The number of benzene rings is 3. The molecule has 6 rings (SSSR count). The summed E-state index contributed by atoms with van der Waals surface area (Å²) in [5.41, 5.74) is 2.91. The summed E-state index contributed by atoms with van der Waals surface area (Å²) in [4.78, 5) is 37.2. The van der Waals surface area contributed by atoms with E-state index in [0.717, 1.165) is 44.9 Å². The molecule has 1 aliphatic rings. The van der Waals surface area contributed by atoms with E-state index < -0.39 is 11.6 Å². The van der Waals surface area contributed by atoms with Crippen LogP contribution in [0.2, 0.25) is 0 Å². The van der Waals surface area contributed by atoms with Crippen LogP contribution in [0.15, 0.2) is 91.3 Å². The van der Waals surface area contributed by atoms with Crippen molar-refractivity contribution in [2.75, 3.05) is 27.3 Å². The highest BCUT2D eigenvalue weighted by Crippen LogP contribution is 2.46. The fourth-order valence-corrected chi connectivity index (χ4v) is 6.52. The van der Waals surface area contributed by atoms with Crippen molar-refractivity contribution in [3.63, 3.8) is 0 Å². The van der Waals surface area contributed by atoms with E-state index in [-0.39, 0.29) is 18.4 Å². The van der Waals surface area contributed by atoms with Gasteiger partial charge in [-0.1, -0.05) is 48.6 Å². The SMILES string of the molecule is COc1ccc2[nH]cc(C(C(=O)NCc3ccccc3OC)C(NC(C)=O)(c3c[nH]c4ccccc34)N3CC=CCC3)c2c1. The van der Waals surface area contributed by atoms with Gasteiger partial charge in [-0.05, 0) is 42.3 Å². The molecule has 0 saturated carbocycles. The van der Waals surface area contributed by atoms with E-state index in [1.807, 2.05) is 79.1 Å². The monoisotopic (exact) mass is 591 g/mol. The van der Waals surface area contributed by atoms with Gasteiger partial charge in [-0.15, -0.1) is 0 Å². The highest BCUT2D eigenvalue weighted by atomic mass is 16.5. The molecule has 0 radical (unpaired) electrons. The molecule has 3 heterocycles. The number of nitrogens with zero attached hydrogens (tertiary/aromatic N) is 1. The molecule has 2 amide bonds. The summed E-state index contributed by atoms with van der Waals surface area (Å²) in [6.45, 7) is 2.93. The molecular formula is C35H37N5O4. The second-order valence-corrected chi connectivity index (χ2v) is 11.0. The van der Waals surface area contributed by atoms with E-state index >= 15 is 0 Å². The first-order chi connectivity index (χ1) is 21.5. The van der Waals surface area contributed by atoms with Crippen molar-refractivity contribution < 1.29 is 19.1 Å². The van der Waals surface area contributed by atoms with Crippen LogP contribution in [-0.2, 0) is 21.8 Å². The average Bonchev–Trinajstić information content (AvgIpc) is 3.68. The van der Waals surface area contributed by atoms with Crippen LogP contribution in [0.4, 0.5) is 0 Å². The Balaban J connectivity index is 1.61. The molecule has 226 valence electrons. The zero-order chi connectivity index (χ0) is 30.7. The Morgan fingerprint density at radius 2 is 1.70 bits per heavy atom. The van der Waals surface area contributed by atoms with Gasteiger partial charge in [0.2, 0.25) is 11.8 Å². The van der Waals surface area contributed by atoms with Gasteiger partial charge in [0.05, 0.1) is 14.2 Å². The summed E-state index contributed by atoms with van der Waals surface area (Å²) in [6, 6.07) is 21.4. The van der Waals surface area contributed by atoms with Crippen molar-refractivity contribution in [1.29, 1.82) is 0 Å². The van der Waals surface area contributed by atoms with E-state index in [9.17, 15) is 9.59 Å². The number of aromatic nitrogens is 2. The minimum atomic E-state index is -1.26. The van der Waals surface area contributed by atoms with Gasteiger partial charge in [0.25, 0.3) is 0 Å². The number of carbonyl (C=O) groups is 2. The lowest BCUT2D eigenvalue weighted by Crippen LogP contribution is -2.64. The molecular weight excluding hydrogens is 554 g/mol. The molecule has 3 aromatic carbocycles. The van der Waals surface area contributed by atoms with Gasteiger partial charge in [-0.3, -0.25) is 14.5 Å².